The van der Waals surface area contributed by atoms with E-state index in [1.54, 1.807) is 24.3 Å². The Balaban J connectivity index is 1.77. The van der Waals surface area contributed by atoms with E-state index >= 15 is 0 Å². The van der Waals surface area contributed by atoms with Gasteiger partial charge < -0.3 is 4.74 Å². The van der Waals surface area contributed by atoms with E-state index in [1.165, 1.54) is 44.9 Å². The predicted octanol–water partition coefficient (Wildman–Crippen LogP) is 6.24. The summed E-state index contributed by atoms with van der Waals surface area (Å²) >= 11 is 0. The molecule has 1 fully saturated rings. The zero-order valence-electron chi connectivity index (χ0n) is 16.2. The van der Waals surface area contributed by atoms with Crippen molar-refractivity contribution in [3.05, 3.63) is 29.8 Å². The van der Waals surface area contributed by atoms with Crippen molar-refractivity contribution in [3.63, 3.8) is 0 Å². The van der Waals surface area contributed by atoms with Crippen molar-refractivity contribution < 1.29 is 19.3 Å². The topological polar surface area (TPSA) is 44.8 Å². The third-order valence-electron chi connectivity index (χ3n) is 4.87. The summed E-state index contributed by atoms with van der Waals surface area (Å²) < 4.78 is 5.53. The van der Waals surface area contributed by atoms with E-state index in [9.17, 15) is 4.79 Å². The Morgan fingerprint density at radius 1 is 0.885 bits per heavy atom. The van der Waals surface area contributed by atoms with Crippen LogP contribution in [-0.4, -0.2) is 18.7 Å². The molecule has 4 heteroatoms. The van der Waals surface area contributed by atoms with E-state index in [1.807, 2.05) is 0 Å². The Labute approximate surface area is 158 Å². The van der Waals surface area contributed by atoms with Gasteiger partial charge in [-0.05, 0) is 43.5 Å². The SMILES string of the molecule is CCCOc1ccc(C(=O)OOC2CCCCCCCCCCC2)cc1. The van der Waals surface area contributed by atoms with Crippen molar-refractivity contribution >= 4 is 5.97 Å². The summed E-state index contributed by atoms with van der Waals surface area (Å²) in [6.07, 6.45) is 14.4. The molecule has 0 N–H and O–H groups in total. The molecule has 146 valence electrons. The van der Waals surface area contributed by atoms with E-state index in [-0.39, 0.29) is 6.10 Å². The second kappa shape index (κ2) is 12.7. The lowest BCUT2D eigenvalue weighted by Crippen LogP contribution is -2.17. The second-order valence-corrected chi connectivity index (χ2v) is 7.22. The molecule has 0 amide bonds. The smallest absolute Gasteiger partial charge is 0.373 e. The summed E-state index contributed by atoms with van der Waals surface area (Å²) in [5.41, 5.74) is 0.488. The standard InChI is InChI=1S/C22H34O4/c1-2-18-24-20-16-14-19(15-17-20)22(23)26-25-21-12-10-8-6-4-3-5-7-9-11-13-21/h14-17,21H,2-13,18H2,1H3. The first-order valence-electron chi connectivity index (χ1n) is 10.4. The van der Waals surface area contributed by atoms with Gasteiger partial charge in [-0.15, -0.1) is 0 Å². The van der Waals surface area contributed by atoms with Crippen LogP contribution in [-0.2, 0) is 9.78 Å². The largest absolute Gasteiger partial charge is 0.494 e. The van der Waals surface area contributed by atoms with Crippen LogP contribution in [0.4, 0.5) is 0 Å². The van der Waals surface area contributed by atoms with Crippen molar-refractivity contribution in [2.45, 2.75) is 90.1 Å². The third-order valence-corrected chi connectivity index (χ3v) is 4.87. The van der Waals surface area contributed by atoms with Crippen LogP contribution in [0.1, 0.15) is 94.3 Å². The minimum absolute atomic E-state index is 0.0190. The van der Waals surface area contributed by atoms with Crippen LogP contribution in [0.15, 0.2) is 24.3 Å². The van der Waals surface area contributed by atoms with Gasteiger partial charge in [-0.1, -0.05) is 64.7 Å². The molecule has 1 aromatic rings. The molecule has 1 aromatic carbocycles. The summed E-state index contributed by atoms with van der Waals surface area (Å²) in [4.78, 5) is 22.9. The molecule has 0 saturated heterocycles. The molecule has 0 unspecified atom stereocenters. The van der Waals surface area contributed by atoms with Gasteiger partial charge in [-0.2, -0.15) is 4.89 Å². The maximum atomic E-state index is 12.2. The molecular formula is C22H34O4. The van der Waals surface area contributed by atoms with Crippen LogP contribution < -0.4 is 4.74 Å². The zero-order chi connectivity index (χ0) is 18.5. The lowest BCUT2D eigenvalue weighted by Gasteiger charge is -2.17. The molecule has 4 nitrogen and oxygen atoms in total. The van der Waals surface area contributed by atoms with E-state index in [0.29, 0.717) is 12.2 Å². The Morgan fingerprint density at radius 3 is 1.96 bits per heavy atom. The third kappa shape index (κ3) is 8.22. The van der Waals surface area contributed by atoms with Gasteiger partial charge in [0.2, 0.25) is 0 Å². The highest BCUT2D eigenvalue weighted by Gasteiger charge is 2.15. The highest BCUT2D eigenvalue weighted by Crippen LogP contribution is 2.20. The van der Waals surface area contributed by atoms with E-state index in [0.717, 1.165) is 37.9 Å². The summed E-state index contributed by atoms with van der Waals surface area (Å²) in [6, 6.07) is 7.03. The molecule has 0 spiro atoms. The van der Waals surface area contributed by atoms with Crippen molar-refractivity contribution in [3.8, 4) is 5.75 Å². The van der Waals surface area contributed by atoms with Gasteiger partial charge in [0.15, 0.2) is 0 Å². The number of carbonyl (C=O) groups excluding carboxylic acids is 1. The maximum Gasteiger partial charge on any atom is 0.373 e. The molecule has 1 aliphatic rings. The number of benzene rings is 1. The van der Waals surface area contributed by atoms with Crippen LogP contribution in [0.3, 0.4) is 0 Å². The molecule has 0 aromatic heterocycles. The van der Waals surface area contributed by atoms with E-state index in [2.05, 4.69) is 6.92 Å². The molecule has 0 heterocycles. The molecule has 0 radical (unpaired) electrons. The molecule has 26 heavy (non-hydrogen) atoms. The maximum absolute atomic E-state index is 12.2. The lowest BCUT2D eigenvalue weighted by molar-refractivity contribution is -0.277. The van der Waals surface area contributed by atoms with Crippen molar-refractivity contribution in [1.29, 1.82) is 0 Å². The Morgan fingerprint density at radius 2 is 1.42 bits per heavy atom. The fourth-order valence-corrected chi connectivity index (χ4v) is 3.29. The molecule has 1 saturated carbocycles. The molecule has 0 bridgehead atoms. The number of rotatable bonds is 6. The fraction of sp³-hybridized carbons (Fsp3) is 0.682. The fourth-order valence-electron chi connectivity index (χ4n) is 3.29. The Kier molecular flexibility index (Phi) is 10.2. The minimum atomic E-state index is -0.432. The van der Waals surface area contributed by atoms with Crippen molar-refractivity contribution in [2.75, 3.05) is 6.61 Å². The van der Waals surface area contributed by atoms with Gasteiger partial charge in [-0.25, -0.2) is 4.79 Å². The lowest BCUT2D eigenvalue weighted by atomic mass is 9.99. The zero-order valence-corrected chi connectivity index (χ0v) is 16.2. The average Bonchev–Trinajstić information content (AvgIpc) is 2.66. The number of hydrogen-bond donors (Lipinski definition) is 0. The van der Waals surface area contributed by atoms with Crippen LogP contribution in [0.2, 0.25) is 0 Å². The normalized spacial score (nSPS) is 17.7. The van der Waals surface area contributed by atoms with Gasteiger partial charge in [0.25, 0.3) is 0 Å². The quantitative estimate of drug-likeness (QED) is 0.444. The highest BCUT2D eigenvalue weighted by atomic mass is 17.2. The molecule has 1 aliphatic carbocycles. The number of carbonyl (C=O) groups is 1. The summed E-state index contributed by atoms with van der Waals surface area (Å²) in [7, 11) is 0. The summed E-state index contributed by atoms with van der Waals surface area (Å²) in [5.74, 6) is 0.335. The van der Waals surface area contributed by atoms with Crippen LogP contribution in [0.5, 0.6) is 5.75 Å². The van der Waals surface area contributed by atoms with Gasteiger partial charge >= 0.3 is 5.97 Å². The van der Waals surface area contributed by atoms with Crippen molar-refractivity contribution in [2.24, 2.45) is 0 Å². The monoisotopic (exact) mass is 362 g/mol. The first kappa shape index (κ1) is 20.8. The number of ether oxygens (including phenoxy) is 1. The van der Waals surface area contributed by atoms with Gasteiger partial charge in [-0.3, -0.25) is 4.89 Å². The first-order valence-corrected chi connectivity index (χ1v) is 10.4. The van der Waals surface area contributed by atoms with Gasteiger partial charge in [0.05, 0.1) is 12.2 Å². The first-order chi connectivity index (χ1) is 12.8. The van der Waals surface area contributed by atoms with Gasteiger partial charge in [0.1, 0.15) is 11.9 Å². The van der Waals surface area contributed by atoms with Crippen LogP contribution in [0.25, 0.3) is 0 Å². The highest BCUT2D eigenvalue weighted by molar-refractivity contribution is 5.89. The van der Waals surface area contributed by atoms with Crippen LogP contribution >= 0.6 is 0 Å². The molecule has 0 atom stereocenters. The Hall–Kier alpha value is -1.55. The minimum Gasteiger partial charge on any atom is -0.494 e. The summed E-state index contributed by atoms with van der Waals surface area (Å²) in [6.45, 7) is 2.74. The molecule has 2 rings (SSSR count). The average molecular weight is 363 g/mol. The van der Waals surface area contributed by atoms with E-state index < -0.39 is 5.97 Å². The molecule has 0 aliphatic heterocycles. The Bertz CT molecular complexity index is 485. The van der Waals surface area contributed by atoms with Crippen LogP contribution in [0, 0.1) is 0 Å². The molecular weight excluding hydrogens is 328 g/mol. The van der Waals surface area contributed by atoms with E-state index in [4.69, 9.17) is 14.5 Å². The second-order valence-electron chi connectivity index (χ2n) is 7.22. The predicted molar refractivity (Wildman–Crippen MR) is 103 cm³/mol. The summed E-state index contributed by atoms with van der Waals surface area (Å²) in [5, 5.41) is 0. The number of hydrogen-bond acceptors (Lipinski definition) is 4. The van der Waals surface area contributed by atoms with Gasteiger partial charge in [0, 0.05) is 0 Å². The van der Waals surface area contributed by atoms with Crippen molar-refractivity contribution in [1.82, 2.24) is 0 Å².